The molecule has 0 aromatic rings. The highest BCUT2D eigenvalue weighted by atomic mass is 32.2. The predicted molar refractivity (Wildman–Crippen MR) is 65.3 cm³/mol. The fourth-order valence-corrected chi connectivity index (χ4v) is 3.37. The van der Waals surface area contributed by atoms with E-state index in [1.807, 2.05) is 13.8 Å². The van der Waals surface area contributed by atoms with Crippen LogP contribution < -0.4 is 4.72 Å². The van der Waals surface area contributed by atoms with Crippen LogP contribution in [0.25, 0.3) is 0 Å². The minimum Gasteiger partial charge on any atom is -0.480 e. The summed E-state index contributed by atoms with van der Waals surface area (Å²) in [5, 5.41) is 9.05. The van der Waals surface area contributed by atoms with Gasteiger partial charge in [0, 0.05) is 26.6 Å². The number of hydrogen-bond acceptors (Lipinski definition) is 4. The molecule has 2 atom stereocenters. The molecular weight excluding hydrogens is 260 g/mol. The van der Waals surface area contributed by atoms with E-state index in [2.05, 4.69) is 4.72 Å². The van der Waals surface area contributed by atoms with E-state index >= 15 is 0 Å². The number of nitrogens with one attached hydrogen (secondary N) is 1. The quantitative estimate of drug-likeness (QED) is 0.693. The monoisotopic (exact) mass is 280 g/mol. The van der Waals surface area contributed by atoms with Gasteiger partial charge in [0.2, 0.25) is 0 Å². The Morgan fingerprint density at radius 2 is 2.17 bits per heavy atom. The Labute approximate surface area is 107 Å². The van der Waals surface area contributed by atoms with E-state index in [0.29, 0.717) is 0 Å². The van der Waals surface area contributed by atoms with Gasteiger partial charge in [0.05, 0.1) is 6.10 Å². The van der Waals surface area contributed by atoms with Gasteiger partial charge >= 0.3 is 5.97 Å². The lowest BCUT2D eigenvalue weighted by Crippen LogP contribution is -2.47. The Bertz CT molecular complexity index is 395. The molecule has 0 aromatic heterocycles. The highest BCUT2D eigenvalue weighted by Crippen LogP contribution is 2.22. The summed E-state index contributed by atoms with van der Waals surface area (Å²) >= 11 is 0. The molecule has 18 heavy (non-hydrogen) atoms. The summed E-state index contributed by atoms with van der Waals surface area (Å²) in [6.45, 7) is 4.10. The van der Waals surface area contributed by atoms with Crippen LogP contribution in [0.1, 0.15) is 20.3 Å². The lowest BCUT2D eigenvalue weighted by molar-refractivity contribution is -0.140. The molecule has 0 saturated carbocycles. The third-order valence-electron chi connectivity index (χ3n) is 2.82. The van der Waals surface area contributed by atoms with Crippen LogP contribution in [0.5, 0.6) is 0 Å². The predicted octanol–water partition coefficient (Wildman–Crippen LogP) is -0.349. The number of carboxylic acids is 1. The van der Waals surface area contributed by atoms with Gasteiger partial charge in [0.25, 0.3) is 10.2 Å². The third kappa shape index (κ3) is 3.64. The number of carboxylic acid groups (broad SMARTS) is 1. The summed E-state index contributed by atoms with van der Waals surface area (Å²) in [4.78, 5) is 11.1. The first-order valence-electron chi connectivity index (χ1n) is 5.80. The lowest BCUT2D eigenvalue weighted by atomic mass is 10.2. The zero-order valence-electron chi connectivity index (χ0n) is 10.8. The number of hydrogen-bond donors (Lipinski definition) is 2. The van der Waals surface area contributed by atoms with Crippen molar-refractivity contribution in [1.82, 2.24) is 9.03 Å². The molecule has 0 aliphatic carbocycles. The van der Waals surface area contributed by atoms with Crippen LogP contribution in [-0.2, 0) is 19.7 Å². The van der Waals surface area contributed by atoms with Gasteiger partial charge in [0.15, 0.2) is 0 Å². The van der Waals surface area contributed by atoms with Crippen LogP contribution in [0, 0.1) is 5.92 Å². The van der Waals surface area contributed by atoms with Crippen molar-refractivity contribution in [2.24, 2.45) is 5.92 Å². The summed E-state index contributed by atoms with van der Waals surface area (Å²) in [6, 6.07) is -1.06. The molecule has 1 saturated heterocycles. The largest absolute Gasteiger partial charge is 0.480 e. The second kappa shape index (κ2) is 5.96. The number of ether oxygens (including phenoxy) is 1. The van der Waals surface area contributed by atoms with Crippen molar-refractivity contribution in [3.8, 4) is 0 Å². The molecule has 0 radical (unpaired) electrons. The smallest absolute Gasteiger partial charge is 0.322 e. The summed E-state index contributed by atoms with van der Waals surface area (Å²) in [6.07, 6.45) is -0.198. The molecular formula is C10H20N2O5S. The zero-order valence-corrected chi connectivity index (χ0v) is 11.6. The topological polar surface area (TPSA) is 95.9 Å². The van der Waals surface area contributed by atoms with Crippen molar-refractivity contribution in [1.29, 1.82) is 0 Å². The second-order valence-corrected chi connectivity index (χ2v) is 6.47. The Kier molecular flexibility index (Phi) is 5.09. The van der Waals surface area contributed by atoms with Crippen LogP contribution in [0.2, 0.25) is 0 Å². The summed E-state index contributed by atoms with van der Waals surface area (Å²) in [5.74, 6) is -0.992. The van der Waals surface area contributed by atoms with Gasteiger partial charge in [-0.05, 0) is 5.92 Å². The molecule has 8 heteroatoms. The van der Waals surface area contributed by atoms with Crippen molar-refractivity contribution >= 4 is 16.2 Å². The van der Waals surface area contributed by atoms with Gasteiger partial charge in [-0.3, -0.25) is 4.79 Å². The van der Waals surface area contributed by atoms with Gasteiger partial charge in [0.1, 0.15) is 6.04 Å². The molecule has 1 fully saturated rings. The van der Waals surface area contributed by atoms with Crippen LogP contribution in [0.3, 0.4) is 0 Å². The van der Waals surface area contributed by atoms with Gasteiger partial charge in [-0.25, -0.2) is 4.72 Å². The maximum atomic E-state index is 12.0. The standard InChI is InChI=1S/C10H20N2O5S/c1-7(2)5-11-18(15,16)12-6-8(17-3)4-9(12)10(13)14/h7-9,11H,4-6H2,1-3H3,(H,13,14). The van der Waals surface area contributed by atoms with Crippen molar-refractivity contribution < 1.29 is 23.1 Å². The van der Waals surface area contributed by atoms with E-state index in [-0.39, 0.29) is 31.5 Å². The molecule has 2 N–H and O–H groups in total. The highest BCUT2D eigenvalue weighted by Gasteiger charge is 2.43. The number of carbonyl (C=O) groups is 1. The van der Waals surface area contributed by atoms with Crippen LogP contribution in [0.15, 0.2) is 0 Å². The summed E-state index contributed by atoms with van der Waals surface area (Å²) in [7, 11) is -2.32. The Morgan fingerprint density at radius 1 is 1.56 bits per heavy atom. The first-order valence-corrected chi connectivity index (χ1v) is 7.24. The fraction of sp³-hybridized carbons (Fsp3) is 0.900. The molecule has 0 aromatic carbocycles. The van der Waals surface area contributed by atoms with E-state index in [4.69, 9.17) is 9.84 Å². The van der Waals surface area contributed by atoms with Gasteiger partial charge in [-0.1, -0.05) is 13.8 Å². The van der Waals surface area contributed by atoms with Crippen molar-refractivity contribution in [2.75, 3.05) is 20.2 Å². The molecule has 1 rings (SSSR count). The Morgan fingerprint density at radius 3 is 2.61 bits per heavy atom. The fourth-order valence-electron chi connectivity index (χ4n) is 1.78. The highest BCUT2D eigenvalue weighted by molar-refractivity contribution is 7.87. The van der Waals surface area contributed by atoms with Crippen LogP contribution in [-0.4, -0.2) is 56.1 Å². The SMILES string of the molecule is COC1CC(C(=O)O)N(S(=O)(=O)NCC(C)C)C1. The molecule has 1 aliphatic rings. The minimum absolute atomic E-state index is 0.0703. The molecule has 106 valence electrons. The molecule has 2 unspecified atom stereocenters. The average molecular weight is 280 g/mol. The average Bonchev–Trinajstić information content (AvgIpc) is 2.71. The number of rotatable bonds is 6. The molecule has 0 bridgehead atoms. The number of nitrogens with zero attached hydrogens (tertiary/aromatic N) is 1. The molecule has 0 spiro atoms. The maximum Gasteiger partial charge on any atom is 0.322 e. The maximum absolute atomic E-state index is 12.0. The molecule has 1 aliphatic heterocycles. The molecule has 1 heterocycles. The molecule has 0 amide bonds. The summed E-state index contributed by atoms with van der Waals surface area (Å²) in [5.41, 5.74) is 0. The third-order valence-corrected chi connectivity index (χ3v) is 4.37. The first kappa shape index (κ1) is 15.4. The van der Waals surface area contributed by atoms with E-state index in [1.54, 1.807) is 0 Å². The summed E-state index contributed by atoms with van der Waals surface area (Å²) < 4.78 is 32.4. The number of methoxy groups -OCH3 is 1. The van der Waals surface area contributed by atoms with Gasteiger partial charge < -0.3 is 9.84 Å². The van der Waals surface area contributed by atoms with Crippen molar-refractivity contribution in [3.05, 3.63) is 0 Å². The second-order valence-electron chi connectivity index (χ2n) is 4.76. The lowest BCUT2D eigenvalue weighted by Gasteiger charge is -2.21. The molecule has 7 nitrogen and oxygen atoms in total. The minimum atomic E-state index is -3.77. The van der Waals surface area contributed by atoms with E-state index in [1.165, 1.54) is 7.11 Å². The van der Waals surface area contributed by atoms with Crippen LogP contribution in [0.4, 0.5) is 0 Å². The normalized spacial score (nSPS) is 25.8. The van der Waals surface area contributed by atoms with Gasteiger partial charge in [-0.15, -0.1) is 0 Å². The van der Waals surface area contributed by atoms with Crippen molar-refractivity contribution in [3.63, 3.8) is 0 Å². The van der Waals surface area contributed by atoms with Gasteiger partial charge in [-0.2, -0.15) is 12.7 Å². The first-order chi connectivity index (χ1) is 8.27. The Balaban J connectivity index is 2.81. The van der Waals surface area contributed by atoms with E-state index in [0.717, 1.165) is 4.31 Å². The Hall–Kier alpha value is -0.700. The van der Waals surface area contributed by atoms with E-state index in [9.17, 15) is 13.2 Å². The number of aliphatic carboxylic acids is 1. The zero-order chi connectivity index (χ0) is 13.9. The van der Waals surface area contributed by atoms with Crippen LogP contribution >= 0.6 is 0 Å². The van der Waals surface area contributed by atoms with Crippen molar-refractivity contribution in [2.45, 2.75) is 32.4 Å². The van der Waals surface area contributed by atoms with E-state index < -0.39 is 22.2 Å².